The number of halogens is 3. The molecule has 0 N–H and O–H groups in total. The van der Waals surface area contributed by atoms with Crippen LogP contribution in [-0.4, -0.2) is 38.6 Å². The second kappa shape index (κ2) is 12.5. The molecule has 0 amide bonds. The fourth-order valence-corrected chi connectivity index (χ4v) is 2.64. The average molecular weight is 486 g/mol. The zero-order valence-corrected chi connectivity index (χ0v) is 23.5. The first-order valence-electron chi connectivity index (χ1n) is 7.95. The van der Waals surface area contributed by atoms with Gasteiger partial charge in [0.05, 0.1) is 26.9 Å². The summed E-state index contributed by atoms with van der Waals surface area (Å²) in [7, 11) is 1.28. The fourth-order valence-electron chi connectivity index (χ4n) is 2.64. The molecule has 14 heteroatoms. The molecular formula is C17H12BF3K2N2O6. The van der Waals surface area contributed by atoms with Gasteiger partial charge in [0.1, 0.15) is 5.82 Å². The SMILES string of the molecule is COc1cc(-c2nc(-c3c(F)cc(B([O-])[O-])c(F)c3F)no2)cc(OC)c1OC.[K+].[K+]. The van der Waals surface area contributed by atoms with Crippen LogP contribution in [-0.2, 0) is 0 Å². The number of methoxy groups -OCH3 is 3. The van der Waals surface area contributed by atoms with Crippen molar-refractivity contribution in [3.63, 3.8) is 0 Å². The first-order chi connectivity index (χ1) is 13.8. The molecule has 0 saturated heterocycles. The van der Waals surface area contributed by atoms with Crippen LogP contribution >= 0.6 is 0 Å². The number of hydrogen-bond donors (Lipinski definition) is 0. The quantitative estimate of drug-likeness (QED) is 0.250. The molecule has 1 heterocycles. The van der Waals surface area contributed by atoms with Crippen molar-refractivity contribution in [2.24, 2.45) is 0 Å². The van der Waals surface area contributed by atoms with Crippen molar-refractivity contribution in [3.05, 3.63) is 35.7 Å². The molecule has 1 aromatic heterocycles. The largest absolute Gasteiger partial charge is 1.00 e. The molecule has 0 aliphatic rings. The Bertz CT molecular complexity index is 1050. The summed E-state index contributed by atoms with van der Waals surface area (Å²) >= 11 is 0. The van der Waals surface area contributed by atoms with Crippen LogP contribution in [0.15, 0.2) is 22.7 Å². The van der Waals surface area contributed by atoms with E-state index in [0.29, 0.717) is 6.07 Å². The van der Waals surface area contributed by atoms with E-state index in [2.05, 4.69) is 10.1 Å². The summed E-state index contributed by atoms with van der Waals surface area (Å²) in [6.45, 7) is 0. The predicted octanol–water partition coefficient (Wildman–Crippen LogP) is -5.73. The number of benzene rings is 2. The van der Waals surface area contributed by atoms with E-state index in [-0.39, 0.29) is 131 Å². The second-order valence-electron chi connectivity index (χ2n) is 5.62. The molecule has 0 aliphatic heterocycles. The Balaban J connectivity index is 0.00000240. The minimum Gasteiger partial charge on any atom is -0.889 e. The third-order valence-electron chi connectivity index (χ3n) is 4.00. The predicted molar refractivity (Wildman–Crippen MR) is 90.1 cm³/mol. The van der Waals surface area contributed by atoms with Crippen LogP contribution in [0.1, 0.15) is 0 Å². The number of hydrogen-bond acceptors (Lipinski definition) is 8. The molecule has 0 spiro atoms. The number of rotatable bonds is 6. The van der Waals surface area contributed by atoms with Crippen molar-refractivity contribution < 1.29 is 145 Å². The van der Waals surface area contributed by atoms with Gasteiger partial charge in [0, 0.05) is 5.56 Å². The Hall–Kier alpha value is 0.0277. The molecule has 31 heavy (non-hydrogen) atoms. The van der Waals surface area contributed by atoms with Crippen molar-refractivity contribution in [1.29, 1.82) is 0 Å². The summed E-state index contributed by atoms with van der Waals surface area (Å²) in [4.78, 5) is 3.86. The molecule has 3 rings (SSSR count). The molecule has 152 valence electrons. The van der Waals surface area contributed by atoms with Crippen molar-refractivity contribution >= 4 is 12.6 Å². The van der Waals surface area contributed by atoms with Crippen molar-refractivity contribution in [2.45, 2.75) is 0 Å². The maximum Gasteiger partial charge on any atom is 1.00 e. The van der Waals surface area contributed by atoms with Crippen molar-refractivity contribution in [1.82, 2.24) is 10.1 Å². The van der Waals surface area contributed by atoms with Crippen LogP contribution in [0.3, 0.4) is 0 Å². The van der Waals surface area contributed by atoms with E-state index < -0.39 is 41.4 Å². The van der Waals surface area contributed by atoms with Gasteiger partial charge >= 0.3 is 103 Å². The molecule has 0 saturated carbocycles. The summed E-state index contributed by atoms with van der Waals surface area (Å²) in [6, 6.07) is 3.22. The molecule has 3 aromatic rings. The Kier molecular flexibility index (Phi) is 11.7. The summed E-state index contributed by atoms with van der Waals surface area (Å²) < 4.78 is 63.0. The average Bonchev–Trinajstić information content (AvgIpc) is 3.19. The van der Waals surface area contributed by atoms with E-state index in [9.17, 15) is 23.2 Å². The topological polar surface area (TPSA) is 113 Å². The van der Waals surface area contributed by atoms with Gasteiger partial charge in [0.2, 0.25) is 11.6 Å². The number of nitrogens with zero attached hydrogens (tertiary/aromatic N) is 2. The monoisotopic (exact) mass is 486 g/mol. The summed E-state index contributed by atoms with van der Waals surface area (Å²) in [6.07, 6.45) is 0. The first kappa shape index (κ1) is 29.1. The van der Waals surface area contributed by atoms with E-state index in [1.165, 1.54) is 33.5 Å². The Morgan fingerprint density at radius 2 is 1.48 bits per heavy atom. The zero-order chi connectivity index (χ0) is 21.3. The van der Waals surface area contributed by atoms with Gasteiger partial charge < -0.3 is 28.8 Å². The third-order valence-corrected chi connectivity index (χ3v) is 4.00. The Labute approximate surface area is 260 Å². The Morgan fingerprint density at radius 1 is 0.903 bits per heavy atom. The second-order valence-corrected chi connectivity index (χ2v) is 5.62. The Morgan fingerprint density at radius 3 is 1.97 bits per heavy atom. The molecule has 2 aromatic carbocycles. The van der Waals surface area contributed by atoms with E-state index in [4.69, 9.17) is 18.7 Å². The molecule has 0 aliphatic carbocycles. The fraction of sp³-hybridized carbons (Fsp3) is 0.176. The first-order valence-corrected chi connectivity index (χ1v) is 7.95. The van der Waals surface area contributed by atoms with Gasteiger partial charge in [0.15, 0.2) is 23.1 Å². The molecular weight excluding hydrogens is 474 g/mol. The molecule has 0 unspecified atom stereocenters. The van der Waals surface area contributed by atoms with Crippen LogP contribution in [0.4, 0.5) is 13.2 Å². The number of ether oxygens (including phenoxy) is 3. The van der Waals surface area contributed by atoms with Crippen molar-refractivity contribution in [2.75, 3.05) is 21.3 Å². The summed E-state index contributed by atoms with van der Waals surface area (Å²) in [5, 5.41) is 25.2. The molecule has 0 radical (unpaired) electrons. The van der Waals surface area contributed by atoms with Gasteiger partial charge in [-0.25, -0.2) is 13.2 Å². The molecule has 0 atom stereocenters. The van der Waals surface area contributed by atoms with Gasteiger partial charge in [-0.15, -0.1) is 0 Å². The molecule has 0 fully saturated rings. The van der Waals surface area contributed by atoms with E-state index in [1.54, 1.807) is 0 Å². The minimum absolute atomic E-state index is 0. The van der Waals surface area contributed by atoms with Crippen molar-refractivity contribution in [3.8, 4) is 40.1 Å². The number of aromatic nitrogens is 2. The van der Waals surface area contributed by atoms with Crippen LogP contribution in [0, 0.1) is 17.5 Å². The van der Waals surface area contributed by atoms with E-state index in [1.807, 2.05) is 0 Å². The van der Waals surface area contributed by atoms with Gasteiger partial charge in [-0.3, -0.25) is 0 Å². The molecule has 8 nitrogen and oxygen atoms in total. The maximum absolute atomic E-state index is 14.2. The van der Waals surface area contributed by atoms with Gasteiger partial charge in [0.25, 0.3) is 5.89 Å². The van der Waals surface area contributed by atoms with Crippen LogP contribution in [0.25, 0.3) is 22.8 Å². The van der Waals surface area contributed by atoms with Gasteiger partial charge in [-0.05, 0) is 18.2 Å². The van der Waals surface area contributed by atoms with Crippen LogP contribution < -0.4 is 132 Å². The normalized spacial score (nSPS) is 10.1. The smallest absolute Gasteiger partial charge is 0.889 e. The van der Waals surface area contributed by atoms with Gasteiger partial charge in [-0.1, -0.05) is 17.7 Å². The minimum atomic E-state index is -2.90. The van der Waals surface area contributed by atoms with E-state index in [0.717, 1.165) is 0 Å². The van der Waals surface area contributed by atoms with Gasteiger partial charge in [-0.2, -0.15) is 4.98 Å². The third kappa shape index (κ3) is 5.94. The van der Waals surface area contributed by atoms with E-state index >= 15 is 0 Å². The maximum atomic E-state index is 14.2. The standard InChI is InChI=1S/C17H12BF3N2O6.2K/c1-26-10-4-7(5-11(27-2)15(10)28-3)17-22-16(23-29-17)12-9(19)6-8(18(24)25)13(20)14(12)21;;/h4-6H,1-3H3;;/q-2;2*+1. The van der Waals surface area contributed by atoms with Crippen LogP contribution in [0.5, 0.6) is 17.2 Å². The van der Waals surface area contributed by atoms with Crippen LogP contribution in [0.2, 0.25) is 0 Å². The molecule has 0 bridgehead atoms. The zero-order valence-electron chi connectivity index (χ0n) is 17.3. The summed E-state index contributed by atoms with van der Waals surface area (Å²) in [5.74, 6) is -4.93. The summed E-state index contributed by atoms with van der Waals surface area (Å²) in [5.41, 5.74) is -1.90.